The predicted octanol–water partition coefficient (Wildman–Crippen LogP) is 1.75. The molecule has 1 aromatic carbocycles. The monoisotopic (exact) mass is 359 g/mol. The van der Waals surface area contributed by atoms with Crippen molar-refractivity contribution in [2.45, 2.75) is 25.1 Å². The summed E-state index contributed by atoms with van der Waals surface area (Å²) in [7, 11) is 1.64. The molecule has 0 bridgehead atoms. The standard InChI is InChI=1S/C17H21N5O2S/c1-12(23)25-16-7-8-18-10-14(16)9-17-19-21-22(20-17)11-13-3-5-15(24-2)6-4-13/h3-6,9,16,18H,7-8,10-11H2,1-2H3/b14-9-. The molecule has 132 valence electrons. The smallest absolute Gasteiger partial charge is 0.197 e. The van der Waals surface area contributed by atoms with E-state index in [0.29, 0.717) is 12.4 Å². The van der Waals surface area contributed by atoms with Crippen LogP contribution in [-0.2, 0) is 11.3 Å². The van der Waals surface area contributed by atoms with Crippen LogP contribution >= 0.6 is 11.8 Å². The fourth-order valence-corrected chi connectivity index (χ4v) is 3.62. The van der Waals surface area contributed by atoms with Gasteiger partial charge in [0.25, 0.3) is 0 Å². The van der Waals surface area contributed by atoms with Gasteiger partial charge < -0.3 is 10.1 Å². The Balaban J connectivity index is 1.70. The van der Waals surface area contributed by atoms with Crippen molar-refractivity contribution in [1.82, 2.24) is 25.5 Å². The lowest BCUT2D eigenvalue weighted by Crippen LogP contribution is -2.32. The Morgan fingerprint density at radius 3 is 2.96 bits per heavy atom. The van der Waals surface area contributed by atoms with Crippen LogP contribution in [0.4, 0.5) is 0 Å². The topological polar surface area (TPSA) is 81.9 Å². The summed E-state index contributed by atoms with van der Waals surface area (Å²) >= 11 is 1.37. The number of carbonyl (C=O) groups excluding carboxylic acids is 1. The number of benzene rings is 1. The van der Waals surface area contributed by atoms with Gasteiger partial charge in [0.1, 0.15) is 5.75 Å². The Bertz CT molecular complexity index is 757. The van der Waals surface area contributed by atoms with E-state index in [1.54, 1.807) is 18.8 Å². The van der Waals surface area contributed by atoms with Crippen LogP contribution in [0.15, 0.2) is 29.8 Å². The van der Waals surface area contributed by atoms with Crippen LogP contribution in [0.5, 0.6) is 5.75 Å². The lowest BCUT2D eigenvalue weighted by molar-refractivity contribution is -0.109. The molecule has 1 aromatic heterocycles. The van der Waals surface area contributed by atoms with E-state index in [9.17, 15) is 4.79 Å². The van der Waals surface area contributed by atoms with Crippen LogP contribution in [0.1, 0.15) is 24.7 Å². The van der Waals surface area contributed by atoms with Crippen molar-refractivity contribution in [1.29, 1.82) is 0 Å². The van der Waals surface area contributed by atoms with E-state index in [-0.39, 0.29) is 10.4 Å². The normalized spacial score (nSPS) is 19.1. The highest BCUT2D eigenvalue weighted by Gasteiger charge is 2.21. The number of hydrogen-bond donors (Lipinski definition) is 1. The van der Waals surface area contributed by atoms with Crippen LogP contribution in [0.3, 0.4) is 0 Å². The molecule has 0 saturated carbocycles. The number of methoxy groups -OCH3 is 1. The molecule has 0 spiro atoms. The first-order valence-corrected chi connectivity index (χ1v) is 9.01. The maximum atomic E-state index is 11.4. The van der Waals surface area contributed by atoms with Gasteiger partial charge in [-0.3, -0.25) is 4.79 Å². The summed E-state index contributed by atoms with van der Waals surface area (Å²) in [4.78, 5) is 13.0. The average molecular weight is 359 g/mol. The first-order chi connectivity index (χ1) is 12.1. The molecule has 1 atom stereocenters. The number of ether oxygens (including phenoxy) is 1. The Morgan fingerprint density at radius 2 is 2.24 bits per heavy atom. The molecule has 2 aromatic rings. The molecule has 3 rings (SSSR count). The fraction of sp³-hybridized carbons (Fsp3) is 0.412. The highest BCUT2D eigenvalue weighted by Crippen LogP contribution is 2.26. The number of thioether (sulfide) groups is 1. The molecular weight excluding hydrogens is 338 g/mol. The van der Waals surface area contributed by atoms with Crippen molar-refractivity contribution < 1.29 is 9.53 Å². The summed E-state index contributed by atoms with van der Waals surface area (Å²) in [6.45, 7) is 3.82. The van der Waals surface area contributed by atoms with Gasteiger partial charge in [0.2, 0.25) is 0 Å². The minimum atomic E-state index is 0.133. The molecule has 0 aliphatic carbocycles. The summed E-state index contributed by atoms with van der Waals surface area (Å²) in [5.41, 5.74) is 2.21. The molecule has 1 aliphatic heterocycles. The quantitative estimate of drug-likeness (QED) is 0.871. The van der Waals surface area contributed by atoms with Gasteiger partial charge in [0.05, 0.1) is 13.7 Å². The van der Waals surface area contributed by atoms with Crippen molar-refractivity contribution in [3.8, 4) is 5.75 Å². The van der Waals surface area contributed by atoms with Crippen molar-refractivity contribution in [2.24, 2.45) is 0 Å². The minimum Gasteiger partial charge on any atom is -0.497 e. The van der Waals surface area contributed by atoms with E-state index in [1.807, 2.05) is 30.3 Å². The van der Waals surface area contributed by atoms with Crippen LogP contribution in [0.25, 0.3) is 6.08 Å². The summed E-state index contributed by atoms with van der Waals surface area (Å²) < 4.78 is 5.16. The molecule has 1 N–H and O–H groups in total. The molecule has 8 heteroatoms. The summed E-state index contributed by atoms with van der Waals surface area (Å²) in [6.07, 6.45) is 2.86. The second kappa shape index (κ2) is 8.26. The molecular formula is C17H21N5O2S. The minimum absolute atomic E-state index is 0.133. The van der Waals surface area contributed by atoms with E-state index in [2.05, 4.69) is 20.7 Å². The third-order valence-corrected chi connectivity index (χ3v) is 5.05. The van der Waals surface area contributed by atoms with Gasteiger partial charge in [-0.2, -0.15) is 4.80 Å². The number of rotatable bonds is 5. The maximum absolute atomic E-state index is 11.4. The van der Waals surface area contributed by atoms with Crippen molar-refractivity contribution >= 4 is 23.0 Å². The number of carbonyl (C=O) groups is 1. The summed E-state index contributed by atoms with van der Waals surface area (Å²) in [5, 5.41) is 16.3. The highest BCUT2D eigenvalue weighted by molar-refractivity contribution is 8.14. The van der Waals surface area contributed by atoms with Crippen molar-refractivity contribution in [2.75, 3.05) is 20.2 Å². The van der Waals surface area contributed by atoms with Gasteiger partial charge in [0.15, 0.2) is 10.9 Å². The third kappa shape index (κ3) is 4.90. The van der Waals surface area contributed by atoms with E-state index in [0.717, 1.165) is 36.4 Å². The van der Waals surface area contributed by atoms with Gasteiger partial charge in [-0.15, -0.1) is 10.2 Å². The van der Waals surface area contributed by atoms with Crippen molar-refractivity contribution in [3.63, 3.8) is 0 Å². The highest BCUT2D eigenvalue weighted by atomic mass is 32.2. The Kier molecular flexibility index (Phi) is 5.83. The van der Waals surface area contributed by atoms with Gasteiger partial charge in [0, 0.05) is 18.7 Å². The van der Waals surface area contributed by atoms with Crippen LogP contribution in [0, 0.1) is 0 Å². The molecule has 1 fully saturated rings. The summed E-state index contributed by atoms with van der Waals surface area (Å²) in [6, 6.07) is 7.77. The zero-order valence-corrected chi connectivity index (χ0v) is 15.1. The Morgan fingerprint density at radius 1 is 1.44 bits per heavy atom. The molecule has 1 unspecified atom stereocenters. The zero-order valence-electron chi connectivity index (χ0n) is 14.3. The first-order valence-electron chi connectivity index (χ1n) is 8.13. The third-order valence-electron chi connectivity index (χ3n) is 3.90. The SMILES string of the molecule is COc1ccc(Cn2nnc(/C=C3/CNCCC3SC(C)=O)n2)cc1. The lowest BCUT2D eigenvalue weighted by atomic mass is 10.1. The molecule has 0 radical (unpaired) electrons. The average Bonchev–Trinajstić information content (AvgIpc) is 3.04. The lowest BCUT2D eigenvalue weighted by Gasteiger charge is -2.24. The number of nitrogens with one attached hydrogen (secondary N) is 1. The van der Waals surface area contributed by atoms with Gasteiger partial charge in [-0.25, -0.2) is 0 Å². The second-order valence-electron chi connectivity index (χ2n) is 5.81. The van der Waals surface area contributed by atoms with Crippen molar-refractivity contribution in [3.05, 3.63) is 41.2 Å². The molecule has 2 heterocycles. The van der Waals surface area contributed by atoms with E-state index in [4.69, 9.17) is 4.74 Å². The van der Waals surface area contributed by atoms with Crippen LogP contribution < -0.4 is 10.1 Å². The number of hydrogen-bond acceptors (Lipinski definition) is 7. The second-order valence-corrected chi connectivity index (χ2v) is 7.19. The number of tetrazole rings is 1. The summed E-state index contributed by atoms with van der Waals surface area (Å²) in [5.74, 6) is 1.39. The molecule has 1 aliphatic rings. The first kappa shape index (κ1) is 17.6. The largest absolute Gasteiger partial charge is 0.497 e. The molecule has 7 nitrogen and oxygen atoms in total. The molecule has 1 saturated heterocycles. The van der Waals surface area contributed by atoms with Gasteiger partial charge >= 0.3 is 0 Å². The number of aromatic nitrogens is 4. The molecule has 0 amide bonds. The maximum Gasteiger partial charge on any atom is 0.197 e. The Hall–Kier alpha value is -2.19. The van der Waals surface area contributed by atoms with Gasteiger partial charge in [-0.05, 0) is 47.5 Å². The van der Waals surface area contributed by atoms with Crippen LogP contribution in [-0.4, -0.2) is 50.8 Å². The van der Waals surface area contributed by atoms with E-state index < -0.39 is 0 Å². The van der Waals surface area contributed by atoms with Crippen LogP contribution in [0.2, 0.25) is 0 Å². The Labute approximate surface area is 150 Å². The number of piperidine rings is 1. The van der Waals surface area contributed by atoms with E-state index in [1.165, 1.54) is 11.8 Å². The van der Waals surface area contributed by atoms with Gasteiger partial charge in [-0.1, -0.05) is 23.9 Å². The van der Waals surface area contributed by atoms with E-state index >= 15 is 0 Å². The number of nitrogens with zero attached hydrogens (tertiary/aromatic N) is 4. The zero-order chi connectivity index (χ0) is 17.6. The molecule has 25 heavy (non-hydrogen) atoms. The fourth-order valence-electron chi connectivity index (χ4n) is 2.68. The predicted molar refractivity (Wildman–Crippen MR) is 97.4 cm³/mol.